The van der Waals surface area contributed by atoms with Crippen LogP contribution in [0.3, 0.4) is 0 Å². The van der Waals surface area contributed by atoms with E-state index in [1.807, 2.05) is 37.3 Å². The number of hydrogen-bond donors (Lipinski definition) is 1. The van der Waals surface area contributed by atoms with Crippen molar-refractivity contribution in [1.82, 2.24) is 4.90 Å². The number of carboxylic acids is 1. The van der Waals surface area contributed by atoms with Crippen LogP contribution in [-0.4, -0.2) is 41.1 Å². The molecule has 3 aromatic rings. The van der Waals surface area contributed by atoms with Crippen molar-refractivity contribution in [3.63, 3.8) is 0 Å². The van der Waals surface area contributed by atoms with Crippen molar-refractivity contribution in [1.29, 1.82) is 0 Å². The zero-order valence-corrected chi connectivity index (χ0v) is 17.3. The number of carboxylic acid groups (broad SMARTS) is 1. The first-order valence-electron chi connectivity index (χ1n) is 10.2. The number of rotatable bonds is 5. The van der Waals surface area contributed by atoms with Gasteiger partial charge < -0.3 is 19.2 Å². The number of benzene rings is 2. The highest BCUT2D eigenvalue weighted by Gasteiger charge is 2.33. The molecule has 7 nitrogen and oxygen atoms in total. The number of hydrogen-bond acceptors (Lipinski definition) is 5. The number of carbonyl (C=O) groups is 2. The fraction of sp³-hybridized carbons (Fsp3) is 0.292. The molecule has 31 heavy (non-hydrogen) atoms. The van der Waals surface area contributed by atoms with Gasteiger partial charge in [-0.2, -0.15) is 0 Å². The van der Waals surface area contributed by atoms with Gasteiger partial charge >= 0.3 is 11.6 Å². The zero-order valence-electron chi connectivity index (χ0n) is 17.3. The van der Waals surface area contributed by atoms with E-state index in [1.165, 1.54) is 11.0 Å². The van der Waals surface area contributed by atoms with Crippen molar-refractivity contribution in [3.8, 4) is 16.9 Å². The van der Waals surface area contributed by atoms with E-state index in [-0.39, 0.29) is 12.5 Å². The van der Waals surface area contributed by atoms with Gasteiger partial charge in [-0.3, -0.25) is 9.59 Å². The minimum Gasteiger partial charge on any atom is -0.481 e. The van der Waals surface area contributed by atoms with E-state index in [2.05, 4.69) is 0 Å². The molecule has 0 bridgehead atoms. The van der Waals surface area contributed by atoms with Crippen LogP contribution in [0.5, 0.6) is 5.75 Å². The summed E-state index contributed by atoms with van der Waals surface area (Å²) >= 11 is 0. The maximum atomic E-state index is 12.6. The van der Waals surface area contributed by atoms with Crippen molar-refractivity contribution in [2.45, 2.75) is 26.4 Å². The van der Waals surface area contributed by atoms with Crippen LogP contribution in [0.2, 0.25) is 0 Å². The number of aliphatic carboxylic acids is 1. The van der Waals surface area contributed by atoms with E-state index in [0.29, 0.717) is 24.3 Å². The Labute approximate surface area is 178 Å². The van der Waals surface area contributed by atoms with Crippen LogP contribution in [0.25, 0.3) is 22.1 Å². The molecule has 1 aromatic heterocycles. The van der Waals surface area contributed by atoms with Gasteiger partial charge in [0.2, 0.25) is 0 Å². The number of aryl methyl sites for hydroxylation is 1. The van der Waals surface area contributed by atoms with E-state index >= 15 is 0 Å². The summed E-state index contributed by atoms with van der Waals surface area (Å²) in [5.74, 6) is -1.30. The molecule has 7 heteroatoms. The van der Waals surface area contributed by atoms with Gasteiger partial charge in [0.15, 0.2) is 6.10 Å². The largest absolute Gasteiger partial charge is 0.481 e. The second-order valence-electron chi connectivity index (χ2n) is 7.82. The lowest BCUT2D eigenvalue weighted by Crippen LogP contribution is -2.39. The Balaban J connectivity index is 1.59. The van der Waals surface area contributed by atoms with Gasteiger partial charge in [-0.05, 0) is 43.5 Å². The van der Waals surface area contributed by atoms with Crippen LogP contribution in [0.15, 0.2) is 57.7 Å². The third-order valence-electron chi connectivity index (χ3n) is 5.66. The molecule has 1 N–H and O–H groups in total. The van der Waals surface area contributed by atoms with Crippen LogP contribution >= 0.6 is 0 Å². The van der Waals surface area contributed by atoms with E-state index < -0.39 is 23.6 Å². The summed E-state index contributed by atoms with van der Waals surface area (Å²) in [6.07, 6.45) is -0.354. The van der Waals surface area contributed by atoms with Crippen LogP contribution in [-0.2, 0) is 9.59 Å². The summed E-state index contributed by atoms with van der Waals surface area (Å²) < 4.78 is 11.2. The molecular weight excluding hydrogens is 398 g/mol. The number of nitrogens with zero attached hydrogens (tertiary/aromatic N) is 1. The first-order valence-corrected chi connectivity index (χ1v) is 10.2. The van der Waals surface area contributed by atoms with Gasteiger partial charge in [-0.15, -0.1) is 0 Å². The maximum Gasteiger partial charge on any atom is 0.336 e. The third-order valence-corrected chi connectivity index (χ3v) is 5.66. The molecule has 1 aliphatic rings. The second-order valence-corrected chi connectivity index (χ2v) is 7.82. The number of amides is 1. The molecule has 1 fully saturated rings. The predicted octanol–water partition coefficient (Wildman–Crippen LogP) is 3.47. The van der Waals surface area contributed by atoms with Gasteiger partial charge in [0, 0.05) is 36.2 Å². The van der Waals surface area contributed by atoms with Gasteiger partial charge in [0.1, 0.15) is 11.3 Å². The van der Waals surface area contributed by atoms with Crippen molar-refractivity contribution < 1.29 is 23.8 Å². The van der Waals surface area contributed by atoms with Gasteiger partial charge in [-0.25, -0.2) is 4.79 Å². The maximum absolute atomic E-state index is 12.6. The molecule has 2 heterocycles. The fourth-order valence-corrected chi connectivity index (χ4v) is 3.99. The van der Waals surface area contributed by atoms with Crippen molar-refractivity contribution in [2.24, 2.45) is 5.92 Å². The average Bonchev–Trinajstić information content (AvgIpc) is 3.23. The second kappa shape index (κ2) is 8.26. The molecule has 1 unspecified atom stereocenters. The average molecular weight is 421 g/mol. The first-order chi connectivity index (χ1) is 14.8. The summed E-state index contributed by atoms with van der Waals surface area (Å²) in [6.45, 7) is 4.19. The quantitative estimate of drug-likeness (QED) is 0.634. The summed E-state index contributed by atoms with van der Waals surface area (Å²) in [6, 6.07) is 14.4. The van der Waals surface area contributed by atoms with Gasteiger partial charge in [0.05, 0.1) is 5.92 Å². The lowest BCUT2D eigenvalue weighted by Gasteiger charge is -2.21. The van der Waals surface area contributed by atoms with Gasteiger partial charge in [0.25, 0.3) is 5.91 Å². The van der Waals surface area contributed by atoms with Crippen LogP contribution in [0.4, 0.5) is 0 Å². The summed E-state index contributed by atoms with van der Waals surface area (Å²) in [5.41, 5.74) is 2.66. The van der Waals surface area contributed by atoms with E-state index in [9.17, 15) is 14.4 Å². The SMILES string of the molecule is Cc1ccccc1-c1cc(=O)oc2cc(OC(C)C(=O)N3CC[C@H](C(=O)O)C3)ccc12. The monoisotopic (exact) mass is 421 g/mol. The van der Waals surface area contributed by atoms with Crippen LogP contribution < -0.4 is 10.4 Å². The highest BCUT2D eigenvalue weighted by molar-refractivity contribution is 5.94. The molecule has 0 saturated carbocycles. The Kier molecular flexibility index (Phi) is 5.50. The van der Waals surface area contributed by atoms with Crippen LogP contribution in [0, 0.1) is 12.8 Å². The Hall–Kier alpha value is -3.61. The fourth-order valence-electron chi connectivity index (χ4n) is 3.99. The molecule has 2 atom stereocenters. The van der Waals surface area contributed by atoms with E-state index in [1.54, 1.807) is 19.1 Å². The molecule has 0 spiro atoms. The molecule has 1 saturated heterocycles. The lowest BCUT2D eigenvalue weighted by atomic mass is 9.98. The molecule has 1 aliphatic heterocycles. The summed E-state index contributed by atoms with van der Waals surface area (Å²) in [4.78, 5) is 37.5. The number of fused-ring (bicyclic) bond motifs is 1. The molecule has 2 aromatic carbocycles. The number of carbonyl (C=O) groups excluding carboxylic acids is 1. The Morgan fingerprint density at radius 2 is 1.94 bits per heavy atom. The summed E-state index contributed by atoms with van der Waals surface area (Å²) in [7, 11) is 0. The minimum atomic E-state index is -0.891. The Morgan fingerprint density at radius 3 is 2.65 bits per heavy atom. The molecule has 1 amide bonds. The highest BCUT2D eigenvalue weighted by atomic mass is 16.5. The number of ether oxygens (including phenoxy) is 1. The lowest BCUT2D eigenvalue weighted by molar-refractivity contribution is -0.142. The van der Waals surface area contributed by atoms with E-state index in [0.717, 1.165) is 22.1 Å². The Bertz CT molecular complexity index is 1210. The van der Waals surface area contributed by atoms with Crippen molar-refractivity contribution >= 4 is 22.8 Å². The normalized spacial score (nSPS) is 17.0. The molecule has 4 rings (SSSR count). The first kappa shape index (κ1) is 20.7. The highest BCUT2D eigenvalue weighted by Crippen LogP contribution is 2.31. The van der Waals surface area contributed by atoms with Gasteiger partial charge in [-0.1, -0.05) is 24.3 Å². The molecular formula is C24H23NO6. The van der Waals surface area contributed by atoms with Crippen LogP contribution in [0.1, 0.15) is 18.9 Å². The molecule has 0 radical (unpaired) electrons. The standard InChI is InChI=1S/C24H23NO6/c1-14-5-3-4-6-18(14)20-12-22(26)31-21-11-17(7-8-19(20)21)30-15(2)23(27)25-10-9-16(13-25)24(28)29/h3-8,11-12,15-16H,9-10,13H2,1-2H3,(H,28,29)/t15?,16-/m0/s1. The van der Waals surface area contributed by atoms with Crippen molar-refractivity contribution in [3.05, 3.63) is 64.5 Å². The predicted molar refractivity (Wildman–Crippen MR) is 115 cm³/mol. The topological polar surface area (TPSA) is 97.0 Å². The zero-order chi connectivity index (χ0) is 22.1. The van der Waals surface area contributed by atoms with E-state index in [4.69, 9.17) is 14.3 Å². The minimum absolute atomic E-state index is 0.189. The van der Waals surface area contributed by atoms with Crippen molar-refractivity contribution in [2.75, 3.05) is 13.1 Å². The molecule has 0 aliphatic carbocycles. The smallest absolute Gasteiger partial charge is 0.336 e. The molecule has 160 valence electrons. The summed E-state index contributed by atoms with van der Waals surface area (Å²) in [5, 5.41) is 9.89. The Morgan fingerprint density at radius 1 is 1.16 bits per heavy atom. The number of likely N-dealkylation sites (tertiary alicyclic amines) is 1. The third kappa shape index (κ3) is 4.17.